The van der Waals surface area contributed by atoms with Crippen LogP contribution in [0.2, 0.25) is 0 Å². The van der Waals surface area contributed by atoms with Gasteiger partial charge in [0.05, 0.1) is 31.7 Å². The van der Waals surface area contributed by atoms with Crippen LogP contribution < -0.4 is 15.3 Å². The Kier molecular flexibility index (Phi) is 9.66. The van der Waals surface area contributed by atoms with Crippen molar-refractivity contribution in [2.24, 2.45) is 0 Å². The van der Waals surface area contributed by atoms with Crippen molar-refractivity contribution in [3.05, 3.63) is 43.0 Å². The summed E-state index contributed by atoms with van der Waals surface area (Å²) in [6, 6.07) is 6.12. The number of nitrogens with one attached hydrogen (secondary N) is 1. The van der Waals surface area contributed by atoms with E-state index in [0.29, 0.717) is 11.2 Å². The van der Waals surface area contributed by atoms with E-state index in [1.165, 1.54) is 38.6 Å². The fourth-order valence-electron chi connectivity index (χ4n) is 3.22. The van der Waals surface area contributed by atoms with E-state index >= 15 is 0 Å². The number of nitrogen functional groups attached to an aromatic ring is 1. The van der Waals surface area contributed by atoms with Crippen LogP contribution >= 0.6 is 7.52 Å². The molecule has 0 unspecified atom stereocenters. The van der Waals surface area contributed by atoms with Crippen LogP contribution in [-0.4, -0.2) is 63.1 Å². The number of benzene rings is 1. The zero-order valence-corrected chi connectivity index (χ0v) is 21.7. The summed E-state index contributed by atoms with van der Waals surface area (Å²) in [5, 5.41) is 2.36. The van der Waals surface area contributed by atoms with Gasteiger partial charge in [-0.05, 0) is 32.9 Å². The number of carbonyl (C=O) groups excluding carboxylic acids is 1. The number of fused-ring (bicyclic) bond motifs is 1. The van der Waals surface area contributed by atoms with Crippen LogP contribution in [0.3, 0.4) is 0 Å². The molecular formula is C22H28F3N6O6P. The first kappa shape index (κ1) is 29.3. The number of halogens is 3. The molecule has 0 amide bonds. The van der Waals surface area contributed by atoms with Gasteiger partial charge in [0, 0.05) is 0 Å². The molecule has 3 aromatic rings. The lowest BCUT2D eigenvalue weighted by Gasteiger charge is -2.27. The Morgan fingerprint density at radius 1 is 1.16 bits per heavy atom. The first-order chi connectivity index (χ1) is 17.8. The minimum Gasteiger partial charge on any atom is -0.462 e. The van der Waals surface area contributed by atoms with Gasteiger partial charge >= 0.3 is 19.9 Å². The van der Waals surface area contributed by atoms with Crippen molar-refractivity contribution >= 4 is 30.5 Å². The van der Waals surface area contributed by atoms with E-state index in [2.05, 4.69) is 24.8 Å². The van der Waals surface area contributed by atoms with Gasteiger partial charge in [-0.25, -0.2) is 20.0 Å². The number of nitrogens with two attached hydrogens (primary N) is 1. The van der Waals surface area contributed by atoms with Crippen LogP contribution in [0.5, 0.6) is 5.75 Å². The number of ether oxygens (including phenoxy) is 3. The molecule has 0 spiro atoms. The summed E-state index contributed by atoms with van der Waals surface area (Å²) in [7, 11) is -4.17. The summed E-state index contributed by atoms with van der Waals surface area (Å²) in [6.07, 6.45) is -4.12. The van der Waals surface area contributed by atoms with Crippen molar-refractivity contribution < 1.29 is 41.3 Å². The molecule has 0 bridgehead atoms. The Morgan fingerprint density at radius 2 is 1.87 bits per heavy atom. The van der Waals surface area contributed by atoms with E-state index in [-0.39, 0.29) is 18.1 Å². The third kappa shape index (κ3) is 8.65. The highest BCUT2D eigenvalue weighted by atomic mass is 31.2. The van der Waals surface area contributed by atoms with Crippen molar-refractivity contribution in [1.82, 2.24) is 24.6 Å². The van der Waals surface area contributed by atoms with Crippen LogP contribution in [0.15, 0.2) is 43.0 Å². The maximum atomic E-state index is 13.8. The van der Waals surface area contributed by atoms with Gasteiger partial charge in [-0.2, -0.15) is 0 Å². The fourth-order valence-corrected chi connectivity index (χ4v) is 4.96. The third-order valence-corrected chi connectivity index (χ3v) is 6.51. The van der Waals surface area contributed by atoms with E-state index < -0.39 is 51.1 Å². The third-order valence-electron chi connectivity index (χ3n) is 4.81. The molecule has 0 saturated heterocycles. The van der Waals surface area contributed by atoms with E-state index in [1.807, 2.05) is 0 Å². The molecule has 0 radical (unpaired) electrons. The number of imidazole rings is 1. The molecule has 38 heavy (non-hydrogen) atoms. The molecule has 3 N–H and O–H groups in total. The first-order valence-corrected chi connectivity index (χ1v) is 13.2. The molecule has 2 aromatic heterocycles. The smallest absolute Gasteiger partial charge is 0.462 e. The maximum absolute atomic E-state index is 13.8. The molecular weight excluding hydrogens is 532 g/mol. The minimum atomic E-state index is -5.03. The number of nitrogens with zero attached hydrogens (tertiary/aromatic N) is 4. The number of anilines is 1. The van der Waals surface area contributed by atoms with Crippen molar-refractivity contribution in [3.63, 3.8) is 0 Å². The Labute approximate surface area is 216 Å². The van der Waals surface area contributed by atoms with Gasteiger partial charge < -0.3 is 24.3 Å². The van der Waals surface area contributed by atoms with Crippen molar-refractivity contribution in [2.45, 2.75) is 51.9 Å². The number of carbonyl (C=O) groups is 1. The van der Waals surface area contributed by atoms with Gasteiger partial charge in [-0.3, -0.25) is 14.1 Å². The van der Waals surface area contributed by atoms with Crippen LogP contribution in [0.25, 0.3) is 11.2 Å². The Balaban J connectivity index is 1.78. The van der Waals surface area contributed by atoms with Crippen LogP contribution in [0.4, 0.5) is 19.0 Å². The predicted molar refractivity (Wildman–Crippen MR) is 130 cm³/mol. The molecule has 0 fully saturated rings. The molecule has 3 rings (SSSR count). The molecule has 3 atom stereocenters. The molecule has 12 nitrogen and oxygen atoms in total. The average Bonchev–Trinajstić information content (AvgIpc) is 3.24. The summed E-state index contributed by atoms with van der Waals surface area (Å²) in [5.41, 5.74) is 6.66. The molecule has 1 aromatic carbocycles. The standard InChI is InChI=1S/C22H28F3N6O6P/c1-14(2)36-21(32)17(10-35-22(23,24)25)30-38(33,37-16-7-5-4-6-8-16)13-34-15(3)9-31-12-29-18-19(26)27-11-28-20(18)31/h4-8,11-12,14-15,17H,9-10,13H2,1-3H3,(H,30,33)(H2,26,27,28)/t15-,17+,38+/m1/s1. The lowest BCUT2D eigenvalue weighted by molar-refractivity contribution is -0.325. The zero-order valence-electron chi connectivity index (χ0n) is 20.8. The van der Waals surface area contributed by atoms with Gasteiger partial charge in [0.2, 0.25) is 0 Å². The SMILES string of the molecule is CC(C)OC(=O)[C@H](COC(F)(F)F)N[P@](=O)(CO[C@H](C)Cn1cnc2c(N)ncnc21)Oc1ccccc1. The monoisotopic (exact) mass is 560 g/mol. The zero-order chi connectivity index (χ0) is 27.9. The van der Waals surface area contributed by atoms with Crippen LogP contribution in [-0.2, 0) is 30.1 Å². The summed E-state index contributed by atoms with van der Waals surface area (Å²) in [4.78, 5) is 24.7. The fraction of sp³-hybridized carbons (Fsp3) is 0.455. The molecule has 0 aliphatic carbocycles. The van der Waals surface area contributed by atoms with Crippen molar-refractivity contribution in [2.75, 3.05) is 18.7 Å². The van der Waals surface area contributed by atoms with Gasteiger partial charge in [0.25, 0.3) is 0 Å². The Hall–Kier alpha value is -3.26. The van der Waals surface area contributed by atoms with Gasteiger partial charge in [0.15, 0.2) is 11.5 Å². The largest absolute Gasteiger partial charge is 0.522 e. The van der Waals surface area contributed by atoms with E-state index in [9.17, 15) is 22.5 Å². The molecule has 0 saturated carbocycles. The molecule has 0 aliphatic rings. The summed E-state index contributed by atoms with van der Waals surface area (Å²) in [6.45, 7) is 3.70. The van der Waals surface area contributed by atoms with Crippen LogP contribution in [0.1, 0.15) is 20.8 Å². The van der Waals surface area contributed by atoms with E-state index in [1.54, 1.807) is 29.7 Å². The Bertz CT molecular complexity index is 1260. The lowest BCUT2D eigenvalue weighted by Crippen LogP contribution is -2.43. The second kappa shape index (κ2) is 12.5. The summed E-state index contributed by atoms with van der Waals surface area (Å²) in [5.74, 6) is -0.760. The number of para-hydroxylation sites is 1. The van der Waals surface area contributed by atoms with Crippen LogP contribution in [0, 0.1) is 0 Å². The van der Waals surface area contributed by atoms with Crippen molar-refractivity contribution in [3.8, 4) is 5.75 Å². The van der Waals surface area contributed by atoms with E-state index in [4.69, 9.17) is 19.7 Å². The molecule has 2 heterocycles. The topological polar surface area (TPSA) is 153 Å². The second-order valence-electron chi connectivity index (χ2n) is 8.44. The van der Waals surface area contributed by atoms with Gasteiger partial charge in [0.1, 0.15) is 30.0 Å². The predicted octanol–water partition coefficient (Wildman–Crippen LogP) is 3.49. The highest BCUT2D eigenvalue weighted by molar-refractivity contribution is 7.57. The van der Waals surface area contributed by atoms with Crippen molar-refractivity contribution in [1.29, 1.82) is 0 Å². The number of esters is 1. The highest BCUT2D eigenvalue weighted by Crippen LogP contribution is 2.44. The van der Waals surface area contributed by atoms with E-state index in [0.717, 1.165) is 0 Å². The number of rotatable bonds is 13. The molecule has 0 aliphatic heterocycles. The minimum absolute atomic E-state index is 0.139. The second-order valence-corrected chi connectivity index (χ2v) is 10.5. The number of hydrogen-bond acceptors (Lipinski definition) is 10. The molecule has 16 heteroatoms. The Morgan fingerprint density at radius 3 is 2.53 bits per heavy atom. The number of aromatic nitrogens is 4. The average molecular weight is 560 g/mol. The normalized spacial score (nSPS) is 15.2. The molecule has 208 valence electrons. The lowest BCUT2D eigenvalue weighted by atomic mass is 10.3. The van der Waals surface area contributed by atoms with Gasteiger partial charge in [-0.15, -0.1) is 13.2 Å². The van der Waals surface area contributed by atoms with Gasteiger partial charge in [-0.1, -0.05) is 18.2 Å². The summed E-state index contributed by atoms with van der Waals surface area (Å²) < 4.78 is 73.9. The first-order valence-electron chi connectivity index (χ1n) is 11.4. The number of hydrogen-bond donors (Lipinski definition) is 2. The number of alkyl halides is 3. The highest BCUT2D eigenvalue weighted by Gasteiger charge is 2.38. The quantitative estimate of drug-likeness (QED) is 0.233. The summed E-state index contributed by atoms with van der Waals surface area (Å²) >= 11 is 0. The maximum Gasteiger partial charge on any atom is 0.522 e.